The van der Waals surface area contributed by atoms with Gasteiger partial charge in [-0.15, -0.1) is 0 Å². The van der Waals surface area contributed by atoms with Crippen LogP contribution in [0, 0.1) is 11.8 Å². The number of hydrogen-bond donors (Lipinski definition) is 17. The minimum Gasteiger partial charge on any atom is -0.480 e. The summed E-state index contributed by atoms with van der Waals surface area (Å²) >= 11 is 0. The molecule has 0 spiro atoms. The summed E-state index contributed by atoms with van der Waals surface area (Å²) in [6.45, 7) is 9.77. The first-order chi connectivity index (χ1) is 54.3. The van der Waals surface area contributed by atoms with E-state index in [1.54, 1.807) is 100 Å². The van der Waals surface area contributed by atoms with Crippen molar-refractivity contribution < 1.29 is 87.2 Å². The van der Waals surface area contributed by atoms with Crippen LogP contribution in [0.3, 0.4) is 0 Å². The van der Waals surface area contributed by atoms with Gasteiger partial charge in [0.1, 0.15) is 42.3 Å². The van der Waals surface area contributed by atoms with Gasteiger partial charge in [-0.3, -0.25) is 91.5 Å². The number of imidazole rings is 1. The van der Waals surface area contributed by atoms with Crippen LogP contribution in [0.25, 0.3) is 10.9 Å². The third kappa shape index (κ3) is 32.6. The fraction of sp³-hybridized carbons (Fsp3) is 0.506. The third-order valence-corrected chi connectivity index (χ3v) is 18.7. The van der Waals surface area contributed by atoms with Gasteiger partial charge in [0.2, 0.25) is 65.0 Å². The predicted molar refractivity (Wildman–Crippen MR) is 418 cm³/mol. The number of para-hydroxylation sites is 1. The molecule has 37 heteroatoms. The number of fused-ring (bicyclic) bond motifs is 1. The van der Waals surface area contributed by atoms with E-state index >= 15 is 0 Å². The van der Waals surface area contributed by atoms with Crippen LogP contribution in [0.5, 0.6) is 0 Å². The second-order valence-corrected chi connectivity index (χ2v) is 28.8. The number of unbranched alkanes of at least 4 members (excludes halogenated alkanes) is 2. The lowest BCUT2D eigenvalue weighted by atomic mass is 10.0. The number of benzene rings is 3. The molecule has 0 saturated carbocycles. The molecule has 0 radical (unpaired) electrons. The van der Waals surface area contributed by atoms with Crippen molar-refractivity contribution in [1.82, 2.24) is 87.7 Å². The van der Waals surface area contributed by atoms with Gasteiger partial charge >= 0.3 is 17.9 Å². The Morgan fingerprint density at radius 3 is 1.60 bits per heavy atom. The molecule has 7 atom stereocenters. The van der Waals surface area contributed by atoms with Crippen LogP contribution in [0.1, 0.15) is 107 Å². The summed E-state index contributed by atoms with van der Waals surface area (Å²) in [5, 5.41) is 58.6. The zero-order chi connectivity index (χ0) is 83.4. The molecule has 114 heavy (non-hydrogen) atoms. The molecule has 3 heterocycles. The Morgan fingerprint density at radius 1 is 0.500 bits per heavy atom. The van der Waals surface area contributed by atoms with Crippen LogP contribution in [0.15, 0.2) is 97.6 Å². The van der Waals surface area contributed by atoms with E-state index in [0.29, 0.717) is 40.7 Å². The van der Waals surface area contributed by atoms with Crippen molar-refractivity contribution in [3.8, 4) is 0 Å². The molecule has 6 rings (SSSR count). The van der Waals surface area contributed by atoms with Crippen LogP contribution < -0.4 is 64.2 Å². The van der Waals surface area contributed by atoms with Crippen molar-refractivity contribution in [3.05, 3.63) is 120 Å². The second-order valence-electron chi connectivity index (χ2n) is 28.8. The van der Waals surface area contributed by atoms with Gasteiger partial charge in [-0.1, -0.05) is 96.0 Å². The Hall–Kier alpha value is -11.7. The number of carboxylic acids is 3. The Balaban J connectivity index is 1.10. The zero-order valence-corrected chi connectivity index (χ0v) is 65.2. The monoisotopic (exact) mass is 1590 g/mol. The van der Waals surface area contributed by atoms with E-state index in [4.69, 9.17) is 5.73 Å². The average Bonchev–Trinajstić information content (AvgIpc) is 1.64. The number of carboxylic acid groups (broad SMARTS) is 3. The number of aromatic amines is 2. The molecule has 0 aliphatic carbocycles. The smallest absolute Gasteiger partial charge is 0.317 e. The highest BCUT2D eigenvalue weighted by atomic mass is 16.4. The van der Waals surface area contributed by atoms with E-state index in [1.165, 1.54) is 37.5 Å². The molecule has 37 nitrogen and oxygen atoms in total. The summed E-state index contributed by atoms with van der Waals surface area (Å²) in [5.41, 5.74) is 8.05. The standard InChI is InChI=1S/C77H109N19O18/c1-7-8-14-25-80-72(109)58(34-47(2)3)90-76(113)61(37-54-39-79-46-84-54)87-64(99)41-83-77(114)69(48(4)5)92-70(107)49(6)85-74(111)60(36-52-38-81-56-18-13-12-17-55(52)56)91-73(110)57(23-24-62(78)97)88-75(112)59(35-50-15-10-9-11-16-50)89-71(108)51-19-21-53(22-20-51)86-63(98)40-82-65(100)42-93-26-28-94(43-66(101)102)30-32-96(45-68(105)106)33-31-95(29-27-93)44-67(103)104/h9-13,15-22,38-39,46-49,57-61,69,81H,7-8,14,23-37,40-45H2,1-6H3,(H2,78,97)(H,79,84)(H,80,109)(H,82,100)(H,83,114)(H,85,111)(H,86,98)(H,87,99)(H,88,112)(H,89,108)(H,90,113)(H,91,110)(H,92,107)(H,101,102)(H,103,104)(H,105,106)/t49-,57-,58-,59+,60-,61-,69-/m0/s1. The van der Waals surface area contributed by atoms with Gasteiger partial charge in [0.25, 0.3) is 5.91 Å². The maximum absolute atomic E-state index is 14.7. The molecule has 1 aliphatic rings. The Labute approximate surface area is 660 Å². The number of nitrogens with one attached hydrogen (secondary N) is 13. The summed E-state index contributed by atoms with van der Waals surface area (Å²) in [5.74, 6) is -13.0. The number of anilines is 1. The largest absolute Gasteiger partial charge is 0.480 e. The number of carbonyl (C=O) groups excluding carboxylic acids is 12. The van der Waals surface area contributed by atoms with Crippen LogP contribution in [-0.2, 0) is 86.4 Å². The van der Waals surface area contributed by atoms with E-state index in [2.05, 4.69) is 73.4 Å². The number of carbonyl (C=O) groups is 15. The highest BCUT2D eigenvalue weighted by Gasteiger charge is 2.35. The van der Waals surface area contributed by atoms with Crippen molar-refractivity contribution in [2.75, 3.05) is 103 Å². The molecule has 0 bridgehead atoms. The topological polar surface area (TPSA) is 533 Å². The van der Waals surface area contributed by atoms with Crippen LogP contribution in [0.4, 0.5) is 5.69 Å². The fourth-order valence-corrected chi connectivity index (χ4v) is 12.5. The first-order valence-corrected chi connectivity index (χ1v) is 38.1. The number of nitrogens with zero attached hydrogens (tertiary/aromatic N) is 5. The highest BCUT2D eigenvalue weighted by Crippen LogP contribution is 2.21. The van der Waals surface area contributed by atoms with E-state index < -0.39 is 157 Å². The highest BCUT2D eigenvalue weighted by molar-refractivity contribution is 6.01. The number of rotatable bonds is 44. The Kier molecular flexibility index (Phi) is 37.6. The number of hydrogen-bond acceptors (Lipinski definition) is 20. The SMILES string of the molecule is CCCCCNC(=O)[C@H](CC(C)C)NC(=O)[C@H](Cc1c[nH]cn1)NC(=O)CNC(=O)[C@@H](NC(=O)[C@H](C)NC(=O)[C@H](Cc1c[nH]c2ccccc12)NC(=O)[C@H](CCC(N)=O)NC(=O)[C@@H](Cc1ccccc1)NC(=O)c1ccc(NC(=O)CNC(=O)CN2CCN(CC(=O)O)CCN(CC(=O)O)CCN(CC(=O)O)CC2)cc1)C(C)C. The van der Waals surface area contributed by atoms with Crippen LogP contribution in [-0.4, -0.2) is 279 Å². The number of aromatic nitrogens is 3. The number of aliphatic carboxylic acids is 3. The first kappa shape index (κ1) is 91.2. The molecule has 3 aromatic carbocycles. The van der Waals surface area contributed by atoms with Gasteiger partial charge in [0, 0.05) is 119 Å². The van der Waals surface area contributed by atoms with Gasteiger partial charge < -0.3 is 89.5 Å². The molecule has 2 aromatic heterocycles. The molecule has 1 fully saturated rings. The number of primary amides is 1. The van der Waals surface area contributed by atoms with E-state index in [0.717, 1.165) is 19.3 Å². The molecule has 1 saturated heterocycles. The molecule has 620 valence electrons. The average molecular weight is 1590 g/mol. The molecular weight excluding hydrogens is 1480 g/mol. The van der Waals surface area contributed by atoms with Crippen molar-refractivity contribution in [1.29, 1.82) is 0 Å². The lowest BCUT2D eigenvalue weighted by Gasteiger charge is -2.32. The zero-order valence-electron chi connectivity index (χ0n) is 65.2. The van der Waals surface area contributed by atoms with Crippen molar-refractivity contribution in [3.63, 3.8) is 0 Å². The molecule has 12 amide bonds. The van der Waals surface area contributed by atoms with Crippen LogP contribution >= 0.6 is 0 Å². The fourth-order valence-electron chi connectivity index (χ4n) is 12.5. The van der Waals surface area contributed by atoms with Gasteiger partial charge in [0.05, 0.1) is 51.3 Å². The van der Waals surface area contributed by atoms with Crippen LogP contribution in [0.2, 0.25) is 0 Å². The molecule has 5 aromatic rings. The third-order valence-electron chi connectivity index (χ3n) is 18.7. The summed E-state index contributed by atoms with van der Waals surface area (Å²) in [6, 6.07) is 11.8. The van der Waals surface area contributed by atoms with Gasteiger partial charge in [-0.25, -0.2) is 4.98 Å². The van der Waals surface area contributed by atoms with Gasteiger partial charge in [-0.05, 0) is 79.5 Å². The molecule has 1 aliphatic heterocycles. The predicted octanol–water partition coefficient (Wildman–Crippen LogP) is -1.43. The minimum atomic E-state index is -1.59. The quantitative estimate of drug-likeness (QED) is 0.0199. The van der Waals surface area contributed by atoms with E-state index in [1.807, 2.05) is 20.8 Å². The van der Waals surface area contributed by atoms with Gasteiger partial charge in [0.15, 0.2) is 0 Å². The molecular formula is C77H109N19O18. The van der Waals surface area contributed by atoms with Crippen molar-refractivity contribution >= 4 is 105 Å². The first-order valence-electron chi connectivity index (χ1n) is 38.1. The summed E-state index contributed by atoms with van der Waals surface area (Å²) < 4.78 is 0. The normalized spacial score (nSPS) is 15.1. The summed E-state index contributed by atoms with van der Waals surface area (Å²) in [7, 11) is 0. The number of H-pyrrole nitrogens is 2. The summed E-state index contributed by atoms with van der Waals surface area (Å²) in [4.78, 5) is 218. The Morgan fingerprint density at radius 2 is 1.04 bits per heavy atom. The molecule has 0 unspecified atom stereocenters. The summed E-state index contributed by atoms with van der Waals surface area (Å²) in [6.07, 6.45) is 6.26. The molecule has 18 N–H and O–H groups in total. The maximum atomic E-state index is 14.7. The lowest BCUT2D eigenvalue weighted by Crippen LogP contribution is -2.60. The second kappa shape index (κ2) is 47.0. The number of amides is 12. The van der Waals surface area contributed by atoms with Gasteiger partial charge in [-0.2, -0.15) is 0 Å². The maximum Gasteiger partial charge on any atom is 0.317 e. The Bertz CT molecular complexity index is 4030. The van der Waals surface area contributed by atoms with Crippen molar-refractivity contribution in [2.24, 2.45) is 17.6 Å². The number of nitrogens with two attached hydrogens (primary N) is 1. The van der Waals surface area contributed by atoms with Crippen molar-refractivity contribution in [2.45, 2.75) is 142 Å². The van der Waals surface area contributed by atoms with E-state index in [-0.39, 0.29) is 121 Å². The lowest BCUT2D eigenvalue weighted by molar-refractivity contribution is -0.140. The van der Waals surface area contributed by atoms with E-state index in [9.17, 15) is 87.2 Å². The minimum absolute atomic E-state index is 0.0167.